The summed E-state index contributed by atoms with van der Waals surface area (Å²) in [6.45, 7) is 2.78. The third-order valence-electron chi connectivity index (χ3n) is 5.98. The van der Waals surface area contributed by atoms with Gasteiger partial charge in [0, 0.05) is 19.3 Å². The van der Waals surface area contributed by atoms with Gasteiger partial charge in [0.15, 0.2) is 0 Å². The number of carbonyl (C=O) groups is 2. The van der Waals surface area contributed by atoms with Crippen molar-refractivity contribution in [2.24, 2.45) is 5.92 Å². The molecule has 1 N–H and O–H groups in total. The Kier molecular flexibility index (Phi) is 8.45. The van der Waals surface area contributed by atoms with Crippen LogP contribution >= 0.6 is 0 Å². The van der Waals surface area contributed by atoms with E-state index in [1.54, 1.807) is 11.9 Å². The highest BCUT2D eigenvalue weighted by Crippen LogP contribution is 2.32. The van der Waals surface area contributed by atoms with Crippen molar-refractivity contribution in [1.29, 1.82) is 0 Å². The Labute approximate surface area is 186 Å². The maximum Gasteiger partial charge on any atom is 0.243 e. The number of nitrogens with one attached hydrogen (secondary N) is 1. The van der Waals surface area contributed by atoms with Crippen molar-refractivity contribution in [3.63, 3.8) is 0 Å². The molecular weight excluding hydrogens is 384 g/mol. The van der Waals surface area contributed by atoms with Crippen LogP contribution in [0.1, 0.15) is 56.6 Å². The lowest BCUT2D eigenvalue weighted by Crippen LogP contribution is -2.42. The van der Waals surface area contributed by atoms with E-state index in [9.17, 15) is 9.59 Å². The lowest BCUT2D eigenvalue weighted by molar-refractivity contribution is -0.131. The molecule has 0 aromatic heterocycles. The molecule has 0 radical (unpaired) electrons. The summed E-state index contributed by atoms with van der Waals surface area (Å²) in [6.07, 6.45) is 9.22. The van der Waals surface area contributed by atoms with Crippen molar-refractivity contribution in [3.05, 3.63) is 71.8 Å². The highest BCUT2D eigenvalue weighted by Gasteiger charge is 2.29. The van der Waals surface area contributed by atoms with E-state index in [4.69, 9.17) is 0 Å². The number of carbonyl (C=O) groups excluding carboxylic acids is 2. The molecule has 2 aromatic rings. The minimum Gasteiger partial charge on any atom is -0.355 e. The van der Waals surface area contributed by atoms with Crippen molar-refractivity contribution in [1.82, 2.24) is 5.32 Å². The van der Waals surface area contributed by atoms with Gasteiger partial charge in [-0.2, -0.15) is 0 Å². The Morgan fingerprint density at radius 2 is 1.74 bits per heavy atom. The second-order valence-electron chi connectivity index (χ2n) is 8.26. The number of hydrogen-bond donors (Lipinski definition) is 1. The van der Waals surface area contributed by atoms with Gasteiger partial charge < -0.3 is 10.2 Å². The number of unbranched alkanes of at least 4 members (excludes halogenated alkanes) is 3. The molecule has 0 aliphatic heterocycles. The van der Waals surface area contributed by atoms with E-state index in [1.165, 1.54) is 11.1 Å². The van der Waals surface area contributed by atoms with E-state index >= 15 is 0 Å². The Bertz CT molecular complexity index is 904. The van der Waals surface area contributed by atoms with Crippen LogP contribution in [0.4, 0.5) is 5.69 Å². The lowest BCUT2D eigenvalue weighted by atomic mass is 9.85. The number of anilines is 1. The maximum absolute atomic E-state index is 13.4. The van der Waals surface area contributed by atoms with Crippen molar-refractivity contribution in [2.45, 2.75) is 51.9 Å². The van der Waals surface area contributed by atoms with Gasteiger partial charge in [-0.25, -0.2) is 0 Å². The van der Waals surface area contributed by atoms with Gasteiger partial charge in [-0.15, -0.1) is 0 Å². The zero-order valence-electron chi connectivity index (χ0n) is 18.8. The fraction of sp³-hybridized carbons (Fsp3) is 0.407. The third kappa shape index (κ3) is 6.06. The molecule has 0 fully saturated rings. The topological polar surface area (TPSA) is 49.4 Å². The summed E-state index contributed by atoms with van der Waals surface area (Å²) >= 11 is 0. The first kappa shape index (κ1) is 22.8. The van der Waals surface area contributed by atoms with E-state index in [-0.39, 0.29) is 11.8 Å². The summed E-state index contributed by atoms with van der Waals surface area (Å²) in [4.78, 5) is 28.2. The Hall–Kier alpha value is -2.88. The van der Waals surface area contributed by atoms with Gasteiger partial charge in [0.05, 0.1) is 0 Å². The number of para-hydroxylation sites is 1. The monoisotopic (exact) mass is 418 g/mol. The molecule has 0 spiro atoms. The smallest absolute Gasteiger partial charge is 0.243 e. The third-order valence-corrected chi connectivity index (χ3v) is 5.98. The van der Waals surface area contributed by atoms with E-state index in [1.807, 2.05) is 42.5 Å². The number of aryl methyl sites for hydroxylation is 1. The first-order valence-electron chi connectivity index (χ1n) is 11.5. The van der Waals surface area contributed by atoms with Crippen LogP contribution in [0.2, 0.25) is 0 Å². The number of hydrogen-bond acceptors (Lipinski definition) is 2. The summed E-state index contributed by atoms with van der Waals surface area (Å²) in [5.74, 6) is -1.25. The zero-order valence-corrected chi connectivity index (χ0v) is 18.8. The molecule has 0 saturated heterocycles. The molecule has 0 bridgehead atoms. The van der Waals surface area contributed by atoms with E-state index in [0.717, 1.165) is 56.2 Å². The Morgan fingerprint density at radius 3 is 2.52 bits per heavy atom. The van der Waals surface area contributed by atoms with Gasteiger partial charge in [0.1, 0.15) is 5.92 Å². The predicted molar refractivity (Wildman–Crippen MR) is 128 cm³/mol. The van der Waals surface area contributed by atoms with Crippen LogP contribution in [0.25, 0.3) is 5.57 Å². The molecule has 1 unspecified atom stereocenters. The summed E-state index contributed by atoms with van der Waals surface area (Å²) in [7, 11) is 1.74. The molecular formula is C27H34N2O2. The molecule has 4 heteroatoms. The first-order valence-corrected chi connectivity index (χ1v) is 11.5. The second-order valence-corrected chi connectivity index (χ2v) is 8.26. The summed E-state index contributed by atoms with van der Waals surface area (Å²) in [5, 5.41) is 3.01. The molecule has 0 saturated carbocycles. The predicted octanol–water partition coefficient (Wildman–Crippen LogP) is 5.38. The zero-order chi connectivity index (χ0) is 22.1. The number of benzene rings is 2. The minimum atomic E-state index is -0.836. The number of allylic oxidation sites excluding steroid dienone is 1. The van der Waals surface area contributed by atoms with Crippen molar-refractivity contribution in [3.8, 4) is 0 Å². The summed E-state index contributed by atoms with van der Waals surface area (Å²) in [6, 6.07) is 17.8. The number of nitrogens with zero attached hydrogens (tertiary/aromatic N) is 1. The minimum absolute atomic E-state index is 0.201. The van der Waals surface area contributed by atoms with Crippen molar-refractivity contribution < 1.29 is 9.59 Å². The van der Waals surface area contributed by atoms with Crippen LogP contribution in [0, 0.1) is 5.92 Å². The van der Waals surface area contributed by atoms with Gasteiger partial charge >= 0.3 is 0 Å². The van der Waals surface area contributed by atoms with E-state index in [0.29, 0.717) is 6.54 Å². The van der Waals surface area contributed by atoms with Crippen molar-refractivity contribution >= 4 is 23.1 Å². The number of fused-ring (bicyclic) bond motifs is 1. The fourth-order valence-corrected chi connectivity index (χ4v) is 4.15. The lowest BCUT2D eigenvalue weighted by Gasteiger charge is -2.24. The average Bonchev–Trinajstić information content (AvgIpc) is 2.82. The van der Waals surface area contributed by atoms with Crippen LogP contribution in [0.5, 0.6) is 0 Å². The van der Waals surface area contributed by atoms with Gasteiger partial charge in [-0.1, -0.05) is 74.7 Å². The normalized spacial score (nSPS) is 15.2. The van der Waals surface area contributed by atoms with E-state index in [2.05, 4.69) is 30.4 Å². The molecule has 1 atom stereocenters. The van der Waals surface area contributed by atoms with Gasteiger partial charge in [0.2, 0.25) is 11.8 Å². The van der Waals surface area contributed by atoms with Gasteiger partial charge in [0.25, 0.3) is 0 Å². The van der Waals surface area contributed by atoms with Crippen LogP contribution in [-0.4, -0.2) is 25.4 Å². The molecule has 3 rings (SSSR count). The molecule has 4 nitrogen and oxygen atoms in total. The van der Waals surface area contributed by atoms with E-state index < -0.39 is 5.92 Å². The quantitative estimate of drug-likeness (QED) is 0.439. The van der Waals surface area contributed by atoms with Gasteiger partial charge in [-0.3, -0.25) is 9.59 Å². The Balaban J connectivity index is 1.84. The summed E-state index contributed by atoms with van der Waals surface area (Å²) in [5.41, 5.74) is 4.35. The molecule has 1 aliphatic carbocycles. The largest absolute Gasteiger partial charge is 0.355 e. The molecule has 2 amide bonds. The molecule has 1 aliphatic rings. The van der Waals surface area contributed by atoms with Crippen LogP contribution in [-0.2, 0) is 16.0 Å². The highest BCUT2D eigenvalue weighted by molar-refractivity contribution is 6.09. The fourth-order valence-electron chi connectivity index (χ4n) is 4.15. The van der Waals surface area contributed by atoms with Crippen LogP contribution < -0.4 is 10.2 Å². The standard InChI is InChI=1S/C27H34N2O2/c1-3-4-5-11-19-28-26(30)25(27(31)29(2)23-16-7-6-8-17-23)20-22-15-12-14-21-13-9-10-18-24(21)22/h6-10,13,16-18,20,25H,3-5,11-12,14-15,19H2,1-2H3,(H,28,30)/b22-20+. The summed E-state index contributed by atoms with van der Waals surface area (Å²) < 4.78 is 0. The van der Waals surface area contributed by atoms with Crippen molar-refractivity contribution in [2.75, 3.05) is 18.5 Å². The maximum atomic E-state index is 13.4. The SMILES string of the molecule is CCCCCCNC(=O)C(/C=C1\CCCc2ccccc21)C(=O)N(C)c1ccccc1. The number of rotatable bonds is 9. The molecule has 31 heavy (non-hydrogen) atoms. The molecule has 164 valence electrons. The molecule has 0 heterocycles. The van der Waals surface area contributed by atoms with Crippen LogP contribution in [0.15, 0.2) is 60.7 Å². The highest BCUT2D eigenvalue weighted by atomic mass is 16.2. The second kappa shape index (κ2) is 11.5. The van der Waals surface area contributed by atoms with Gasteiger partial charge in [-0.05, 0) is 54.5 Å². The average molecular weight is 419 g/mol. The first-order chi connectivity index (χ1) is 15.1. The van der Waals surface area contributed by atoms with Crippen LogP contribution in [0.3, 0.4) is 0 Å². The number of amides is 2. The molecule has 2 aromatic carbocycles. The Morgan fingerprint density at radius 1 is 1.00 bits per heavy atom.